The van der Waals surface area contributed by atoms with Gasteiger partial charge in [-0.2, -0.15) is 5.10 Å². The van der Waals surface area contributed by atoms with Gasteiger partial charge in [0.25, 0.3) is 0 Å². The number of rotatable bonds is 1. The average Bonchev–Trinajstić information content (AvgIpc) is 1.94. The first-order valence-electron chi connectivity index (χ1n) is 3.47. The van der Waals surface area contributed by atoms with Crippen LogP contribution in [0, 0.1) is 0 Å². The van der Waals surface area contributed by atoms with E-state index in [4.69, 9.17) is 5.73 Å². The molecule has 60 valence electrons. The van der Waals surface area contributed by atoms with Crippen molar-refractivity contribution in [3.63, 3.8) is 0 Å². The number of hydrogen-bond donors (Lipinski definition) is 1. The molecule has 0 amide bonds. The highest BCUT2D eigenvalue weighted by Gasteiger charge is 2.15. The summed E-state index contributed by atoms with van der Waals surface area (Å²) < 4.78 is 0. The summed E-state index contributed by atoms with van der Waals surface area (Å²) in [5, 5.41) is 5.74. The van der Waals surface area contributed by atoms with Crippen LogP contribution in [-0.4, -0.2) is 23.2 Å². The largest absolute Gasteiger partial charge is 0.382 e. The fraction of sp³-hybridized carbons (Fsp3) is 0.429. The van der Waals surface area contributed by atoms with Gasteiger partial charge in [0.15, 0.2) is 0 Å². The van der Waals surface area contributed by atoms with Crippen molar-refractivity contribution >= 4 is 12.2 Å². The Morgan fingerprint density at radius 3 is 2.73 bits per heavy atom. The van der Waals surface area contributed by atoms with Crippen LogP contribution in [0.3, 0.4) is 0 Å². The van der Waals surface area contributed by atoms with E-state index in [1.807, 2.05) is 13.8 Å². The number of nitrogens with zero attached hydrogens (tertiary/aromatic N) is 3. The summed E-state index contributed by atoms with van der Waals surface area (Å²) in [5.74, 6) is 0.439. The summed E-state index contributed by atoms with van der Waals surface area (Å²) in [6, 6.07) is 0.271. The van der Waals surface area contributed by atoms with Crippen LogP contribution in [0.25, 0.3) is 0 Å². The zero-order valence-corrected chi connectivity index (χ0v) is 6.78. The Morgan fingerprint density at radius 1 is 1.64 bits per heavy atom. The zero-order chi connectivity index (χ0) is 8.43. The lowest BCUT2D eigenvalue weighted by Crippen LogP contribution is -2.34. The molecular weight excluding hydrogens is 140 g/mol. The molecule has 4 heteroatoms. The number of amidine groups is 1. The molecule has 0 spiro atoms. The van der Waals surface area contributed by atoms with Crippen molar-refractivity contribution in [3.8, 4) is 0 Å². The Balaban J connectivity index is 2.82. The van der Waals surface area contributed by atoms with Crippen molar-refractivity contribution in [2.45, 2.75) is 19.9 Å². The maximum absolute atomic E-state index is 5.52. The van der Waals surface area contributed by atoms with Crippen molar-refractivity contribution in [2.75, 3.05) is 0 Å². The highest BCUT2D eigenvalue weighted by molar-refractivity contribution is 6.01. The molecule has 1 aliphatic heterocycles. The summed E-state index contributed by atoms with van der Waals surface area (Å²) in [4.78, 5) is 3.81. The van der Waals surface area contributed by atoms with Crippen LogP contribution in [0.15, 0.2) is 22.4 Å². The van der Waals surface area contributed by atoms with E-state index in [1.54, 1.807) is 5.01 Å². The van der Waals surface area contributed by atoms with Crippen molar-refractivity contribution in [1.82, 2.24) is 5.01 Å². The van der Waals surface area contributed by atoms with Gasteiger partial charge in [0.05, 0.1) is 5.70 Å². The fourth-order valence-corrected chi connectivity index (χ4v) is 0.850. The molecule has 4 nitrogen and oxygen atoms in total. The molecule has 0 saturated heterocycles. The second kappa shape index (κ2) is 2.74. The highest BCUT2D eigenvalue weighted by atomic mass is 15.5. The predicted octanol–water partition coefficient (Wildman–Crippen LogP) is 0.525. The SMILES string of the molecule is C=C1C(N)=NC=NN1C(C)C. The molecule has 0 saturated carbocycles. The minimum absolute atomic E-state index is 0.271. The van der Waals surface area contributed by atoms with Gasteiger partial charge in [-0.1, -0.05) is 6.58 Å². The average molecular weight is 152 g/mol. The fourth-order valence-electron chi connectivity index (χ4n) is 0.850. The Bertz CT molecular complexity index is 227. The Hall–Kier alpha value is -1.32. The molecule has 0 fully saturated rings. The molecule has 0 aliphatic carbocycles. The summed E-state index contributed by atoms with van der Waals surface area (Å²) >= 11 is 0. The quantitative estimate of drug-likeness (QED) is 0.595. The molecule has 11 heavy (non-hydrogen) atoms. The van der Waals surface area contributed by atoms with Gasteiger partial charge in [0.1, 0.15) is 12.2 Å². The number of hydrazone groups is 1. The lowest BCUT2D eigenvalue weighted by molar-refractivity contribution is 0.312. The van der Waals surface area contributed by atoms with E-state index >= 15 is 0 Å². The molecule has 1 heterocycles. The van der Waals surface area contributed by atoms with Crippen LogP contribution in [0.5, 0.6) is 0 Å². The maximum Gasteiger partial charge on any atom is 0.150 e. The van der Waals surface area contributed by atoms with Gasteiger partial charge < -0.3 is 5.73 Å². The van der Waals surface area contributed by atoms with Crippen LogP contribution >= 0.6 is 0 Å². The summed E-state index contributed by atoms with van der Waals surface area (Å²) in [5.41, 5.74) is 6.19. The second-order valence-corrected chi connectivity index (χ2v) is 2.63. The van der Waals surface area contributed by atoms with Crippen LogP contribution in [0.1, 0.15) is 13.8 Å². The molecule has 0 aromatic carbocycles. The highest BCUT2D eigenvalue weighted by Crippen LogP contribution is 2.10. The third kappa shape index (κ3) is 1.39. The van der Waals surface area contributed by atoms with E-state index in [0.717, 1.165) is 0 Å². The first-order valence-corrected chi connectivity index (χ1v) is 3.47. The molecule has 1 aliphatic rings. The molecule has 0 unspecified atom stereocenters. The van der Waals surface area contributed by atoms with Crippen LogP contribution in [0.2, 0.25) is 0 Å². The van der Waals surface area contributed by atoms with E-state index in [0.29, 0.717) is 11.5 Å². The van der Waals surface area contributed by atoms with Crippen LogP contribution in [0.4, 0.5) is 0 Å². The molecular formula is C7H12N4. The minimum atomic E-state index is 0.271. The summed E-state index contributed by atoms with van der Waals surface area (Å²) in [6.45, 7) is 7.78. The lowest BCUT2D eigenvalue weighted by Gasteiger charge is -2.26. The Labute approximate surface area is 66.1 Å². The van der Waals surface area contributed by atoms with E-state index in [9.17, 15) is 0 Å². The summed E-state index contributed by atoms with van der Waals surface area (Å²) in [7, 11) is 0. The second-order valence-electron chi connectivity index (χ2n) is 2.63. The number of nitrogens with two attached hydrogens (primary N) is 1. The van der Waals surface area contributed by atoms with E-state index in [-0.39, 0.29) is 6.04 Å². The molecule has 0 aromatic rings. The van der Waals surface area contributed by atoms with Gasteiger partial charge in [-0.05, 0) is 13.8 Å². The topological polar surface area (TPSA) is 54.0 Å². The zero-order valence-electron chi connectivity index (χ0n) is 6.78. The molecule has 0 radical (unpaired) electrons. The standard InChI is InChI=1S/C7H12N4/c1-5(2)11-6(3)7(8)9-4-10-11/h4-5H,3H2,1-2H3,(H2,8,9,10). The third-order valence-electron chi connectivity index (χ3n) is 1.43. The molecule has 1 rings (SSSR count). The van der Waals surface area contributed by atoms with Gasteiger partial charge in [-0.15, -0.1) is 0 Å². The van der Waals surface area contributed by atoms with Gasteiger partial charge in [-0.3, -0.25) is 5.01 Å². The van der Waals surface area contributed by atoms with Gasteiger partial charge in [-0.25, -0.2) is 4.99 Å². The molecule has 0 atom stereocenters. The normalized spacial score (nSPS) is 17.5. The van der Waals surface area contributed by atoms with Crippen LogP contribution < -0.4 is 5.73 Å². The molecule has 2 N–H and O–H groups in total. The van der Waals surface area contributed by atoms with E-state index < -0.39 is 0 Å². The maximum atomic E-state index is 5.52. The summed E-state index contributed by atoms with van der Waals surface area (Å²) in [6.07, 6.45) is 1.43. The lowest BCUT2D eigenvalue weighted by atomic mass is 10.3. The van der Waals surface area contributed by atoms with Gasteiger partial charge >= 0.3 is 0 Å². The van der Waals surface area contributed by atoms with Gasteiger partial charge in [0.2, 0.25) is 0 Å². The Morgan fingerprint density at radius 2 is 2.27 bits per heavy atom. The van der Waals surface area contributed by atoms with Crippen LogP contribution in [-0.2, 0) is 0 Å². The third-order valence-corrected chi connectivity index (χ3v) is 1.43. The first kappa shape index (κ1) is 7.78. The Kier molecular flexibility index (Phi) is 1.94. The van der Waals surface area contributed by atoms with Crippen molar-refractivity contribution in [2.24, 2.45) is 15.8 Å². The van der Waals surface area contributed by atoms with Crippen molar-refractivity contribution in [1.29, 1.82) is 0 Å². The van der Waals surface area contributed by atoms with Crippen molar-refractivity contribution < 1.29 is 0 Å². The number of aliphatic imine (C=N–C) groups is 1. The first-order chi connectivity index (χ1) is 5.13. The number of hydrogen-bond acceptors (Lipinski definition) is 4. The predicted molar refractivity (Wildman–Crippen MR) is 46.2 cm³/mol. The van der Waals surface area contributed by atoms with E-state index in [2.05, 4.69) is 16.7 Å². The molecule has 0 bridgehead atoms. The van der Waals surface area contributed by atoms with Crippen molar-refractivity contribution in [3.05, 3.63) is 12.3 Å². The van der Waals surface area contributed by atoms with E-state index in [1.165, 1.54) is 6.34 Å². The monoisotopic (exact) mass is 152 g/mol. The minimum Gasteiger partial charge on any atom is -0.382 e. The molecule has 0 aromatic heterocycles. The van der Waals surface area contributed by atoms with Gasteiger partial charge in [0, 0.05) is 6.04 Å². The smallest absolute Gasteiger partial charge is 0.150 e.